The second-order valence-corrected chi connectivity index (χ2v) is 4.21. The van der Waals surface area contributed by atoms with Crippen LogP contribution in [0.3, 0.4) is 0 Å². The number of hydrazine groups is 1. The van der Waals surface area contributed by atoms with E-state index in [1.807, 2.05) is 12.4 Å². The summed E-state index contributed by atoms with van der Waals surface area (Å²) in [6.45, 7) is 0. The predicted octanol–water partition coefficient (Wildman–Crippen LogP) is 1.56. The molecule has 0 amide bonds. The van der Waals surface area contributed by atoms with E-state index in [1.165, 1.54) is 32.1 Å². The van der Waals surface area contributed by atoms with E-state index in [-0.39, 0.29) is 6.04 Å². The Morgan fingerprint density at radius 3 is 2.47 bits per heavy atom. The van der Waals surface area contributed by atoms with Crippen molar-refractivity contribution in [1.29, 1.82) is 0 Å². The summed E-state index contributed by atoms with van der Waals surface area (Å²) in [7, 11) is 0. The monoisotopic (exact) mass is 206 g/mol. The van der Waals surface area contributed by atoms with Crippen molar-refractivity contribution >= 4 is 0 Å². The van der Waals surface area contributed by atoms with Crippen molar-refractivity contribution in [3.05, 3.63) is 24.3 Å². The average molecular weight is 206 g/mol. The summed E-state index contributed by atoms with van der Waals surface area (Å²) >= 11 is 0. The van der Waals surface area contributed by atoms with Gasteiger partial charge >= 0.3 is 0 Å². The first kappa shape index (κ1) is 10.5. The normalized spacial score (nSPS) is 20.1. The Balaban J connectivity index is 2.09. The predicted molar refractivity (Wildman–Crippen MR) is 58.7 cm³/mol. The molecule has 0 bridgehead atoms. The molecule has 0 radical (unpaired) electrons. The molecule has 1 saturated carbocycles. The topological polar surface area (TPSA) is 63.8 Å². The van der Waals surface area contributed by atoms with E-state index in [4.69, 9.17) is 5.84 Å². The Bertz CT molecular complexity index is 282. The van der Waals surface area contributed by atoms with Crippen molar-refractivity contribution < 1.29 is 0 Å². The molecule has 1 fully saturated rings. The second-order valence-electron chi connectivity index (χ2n) is 4.21. The fourth-order valence-electron chi connectivity index (χ4n) is 2.44. The number of hydrogen-bond acceptors (Lipinski definition) is 4. The smallest absolute Gasteiger partial charge is 0.115 e. The van der Waals surface area contributed by atoms with Crippen LogP contribution >= 0.6 is 0 Å². The third-order valence-corrected chi connectivity index (χ3v) is 3.24. The van der Waals surface area contributed by atoms with Gasteiger partial charge in [-0.2, -0.15) is 0 Å². The molecule has 1 aromatic rings. The first-order valence-corrected chi connectivity index (χ1v) is 5.63. The van der Waals surface area contributed by atoms with Crippen molar-refractivity contribution in [2.45, 2.75) is 38.1 Å². The molecule has 4 heteroatoms. The van der Waals surface area contributed by atoms with E-state index in [0.29, 0.717) is 5.92 Å². The van der Waals surface area contributed by atoms with Crippen LogP contribution in [0.5, 0.6) is 0 Å². The largest absolute Gasteiger partial charge is 0.271 e. The maximum Gasteiger partial charge on any atom is 0.115 e. The third-order valence-electron chi connectivity index (χ3n) is 3.24. The Kier molecular flexibility index (Phi) is 3.64. The van der Waals surface area contributed by atoms with Gasteiger partial charge in [-0.25, -0.2) is 9.97 Å². The summed E-state index contributed by atoms with van der Waals surface area (Å²) in [6, 6.07) is 0.214. The lowest BCUT2D eigenvalue weighted by molar-refractivity contribution is 0.273. The maximum absolute atomic E-state index is 5.63. The molecule has 1 aliphatic carbocycles. The van der Waals surface area contributed by atoms with E-state index < -0.39 is 0 Å². The Morgan fingerprint density at radius 2 is 1.87 bits per heavy atom. The highest BCUT2D eigenvalue weighted by atomic mass is 15.2. The highest BCUT2D eigenvalue weighted by molar-refractivity contribution is 5.10. The van der Waals surface area contributed by atoms with Gasteiger partial charge in [0.2, 0.25) is 0 Å². The summed E-state index contributed by atoms with van der Waals surface area (Å²) in [6.07, 6.45) is 11.8. The van der Waals surface area contributed by atoms with Crippen molar-refractivity contribution in [3.63, 3.8) is 0 Å². The van der Waals surface area contributed by atoms with Crippen LogP contribution in [-0.2, 0) is 0 Å². The van der Waals surface area contributed by atoms with E-state index >= 15 is 0 Å². The van der Waals surface area contributed by atoms with E-state index in [9.17, 15) is 0 Å². The van der Waals surface area contributed by atoms with Crippen molar-refractivity contribution in [2.24, 2.45) is 11.8 Å². The summed E-state index contributed by atoms with van der Waals surface area (Å²) < 4.78 is 0. The number of aromatic nitrogens is 2. The first-order valence-electron chi connectivity index (χ1n) is 5.63. The fraction of sp³-hybridized carbons (Fsp3) is 0.636. The number of rotatable bonds is 3. The van der Waals surface area contributed by atoms with E-state index in [0.717, 1.165) is 5.56 Å². The lowest BCUT2D eigenvalue weighted by Gasteiger charge is -2.29. The van der Waals surface area contributed by atoms with Crippen LogP contribution in [0.4, 0.5) is 0 Å². The molecule has 0 aliphatic heterocycles. The molecule has 3 N–H and O–H groups in total. The summed E-state index contributed by atoms with van der Waals surface area (Å²) in [5.41, 5.74) is 4.01. The van der Waals surface area contributed by atoms with Crippen LogP contribution in [0.25, 0.3) is 0 Å². The molecule has 1 aliphatic rings. The van der Waals surface area contributed by atoms with Crippen LogP contribution in [0.15, 0.2) is 18.7 Å². The van der Waals surface area contributed by atoms with Crippen LogP contribution in [-0.4, -0.2) is 9.97 Å². The van der Waals surface area contributed by atoms with Gasteiger partial charge < -0.3 is 0 Å². The van der Waals surface area contributed by atoms with Gasteiger partial charge in [-0.05, 0) is 18.8 Å². The lowest BCUT2D eigenvalue weighted by Crippen LogP contribution is -2.34. The minimum atomic E-state index is 0.214. The molecule has 1 atom stereocenters. The molecule has 1 heterocycles. The van der Waals surface area contributed by atoms with Crippen LogP contribution in [0.2, 0.25) is 0 Å². The quantitative estimate of drug-likeness (QED) is 0.582. The molecule has 0 spiro atoms. The minimum Gasteiger partial charge on any atom is -0.271 e. The van der Waals surface area contributed by atoms with Crippen molar-refractivity contribution in [1.82, 2.24) is 15.4 Å². The van der Waals surface area contributed by atoms with Gasteiger partial charge in [0.1, 0.15) is 6.33 Å². The van der Waals surface area contributed by atoms with Crippen molar-refractivity contribution in [2.75, 3.05) is 0 Å². The molecule has 82 valence electrons. The molecular formula is C11H18N4. The Hall–Kier alpha value is -1.00. The van der Waals surface area contributed by atoms with Gasteiger partial charge in [-0.1, -0.05) is 19.3 Å². The second kappa shape index (κ2) is 5.19. The molecular weight excluding hydrogens is 188 g/mol. The SMILES string of the molecule is NNC(c1cncnc1)C1CCCCC1. The van der Waals surface area contributed by atoms with Gasteiger partial charge in [0.25, 0.3) is 0 Å². The van der Waals surface area contributed by atoms with Gasteiger partial charge in [0.05, 0.1) is 6.04 Å². The molecule has 15 heavy (non-hydrogen) atoms. The van der Waals surface area contributed by atoms with Gasteiger partial charge in [0.15, 0.2) is 0 Å². The number of nitrogens with two attached hydrogens (primary N) is 1. The highest BCUT2D eigenvalue weighted by Gasteiger charge is 2.24. The molecule has 0 aromatic carbocycles. The average Bonchev–Trinajstić information content (AvgIpc) is 2.33. The Morgan fingerprint density at radius 1 is 1.20 bits per heavy atom. The zero-order valence-corrected chi connectivity index (χ0v) is 8.89. The molecule has 0 saturated heterocycles. The number of nitrogens with one attached hydrogen (secondary N) is 1. The van der Waals surface area contributed by atoms with Gasteiger partial charge in [-0.15, -0.1) is 0 Å². The van der Waals surface area contributed by atoms with Crippen LogP contribution in [0.1, 0.15) is 43.7 Å². The van der Waals surface area contributed by atoms with Gasteiger partial charge in [-0.3, -0.25) is 11.3 Å². The third kappa shape index (κ3) is 2.52. The first-order chi connectivity index (χ1) is 7.42. The van der Waals surface area contributed by atoms with E-state index in [2.05, 4.69) is 15.4 Å². The highest BCUT2D eigenvalue weighted by Crippen LogP contribution is 2.33. The Labute approximate surface area is 90.3 Å². The lowest BCUT2D eigenvalue weighted by atomic mass is 9.82. The minimum absolute atomic E-state index is 0.214. The number of hydrogen-bond donors (Lipinski definition) is 2. The summed E-state index contributed by atoms with van der Waals surface area (Å²) in [4.78, 5) is 8.08. The molecule has 2 rings (SSSR count). The zero-order valence-electron chi connectivity index (χ0n) is 8.89. The molecule has 4 nitrogen and oxygen atoms in total. The standard InChI is InChI=1S/C11H18N4/c12-15-11(9-4-2-1-3-5-9)10-6-13-8-14-7-10/h6-9,11,15H,1-5,12H2. The summed E-state index contributed by atoms with van der Waals surface area (Å²) in [5, 5.41) is 0. The fourth-order valence-corrected chi connectivity index (χ4v) is 2.44. The van der Waals surface area contributed by atoms with Crippen LogP contribution in [0, 0.1) is 5.92 Å². The maximum atomic E-state index is 5.63. The van der Waals surface area contributed by atoms with Crippen molar-refractivity contribution in [3.8, 4) is 0 Å². The zero-order chi connectivity index (χ0) is 10.5. The van der Waals surface area contributed by atoms with Gasteiger partial charge in [0, 0.05) is 18.0 Å². The number of nitrogens with zero attached hydrogens (tertiary/aromatic N) is 2. The van der Waals surface area contributed by atoms with E-state index in [1.54, 1.807) is 6.33 Å². The molecule has 1 aromatic heterocycles. The molecule has 1 unspecified atom stereocenters. The summed E-state index contributed by atoms with van der Waals surface area (Å²) in [5.74, 6) is 6.26. The van der Waals surface area contributed by atoms with Crippen LogP contribution < -0.4 is 11.3 Å².